The summed E-state index contributed by atoms with van der Waals surface area (Å²) in [4.78, 5) is 5.52. The minimum Gasteiger partial charge on any atom is -0.497 e. The molecule has 0 aliphatic rings. The Morgan fingerprint density at radius 2 is 1.95 bits per heavy atom. The van der Waals surface area contributed by atoms with Crippen LogP contribution in [0.3, 0.4) is 0 Å². The Balaban J connectivity index is 0.00000242. The average Bonchev–Trinajstić information content (AvgIpc) is 3.04. The second kappa shape index (κ2) is 10.4. The minimum atomic E-state index is 0. The van der Waals surface area contributed by atoms with Crippen LogP contribution in [0.25, 0.3) is 0 Å². The van der Waals surface area contributed by atoms with Crippen molar-refractivity contribution in [3.05, 3.63) is 52.2 Å². The monoisotopic (exact) mass is 431 g/mol. The van der Waals surface area contributed by atoms with Crippen LogP contribution >= 0.6 is 35.3 Å². The van der Waals surface area contributed by atoms with Gasteiger partial charge in [-0.05, 0) is 35.6 Å². The second-order valence-electron chi connectivity index (χ2n) is 4.53. The Kier molecular flexibility index (Phi) is 8.91. The third kappa shape index (κ3) is 6.23. The maximum Gasteiger partial charge on any atom is 0.191 e. The zero-order chi connectivity index (χ0) is 14.9. The van der Waals surface area contributed by atoms with E-state index in [0.29, 0.717) is 0 Å². The number of nitrogens with zero attached hydrogens (tertiary/aromatic N) is 1. The van der Waals surface area contributed by atoms with E-state index in [1.165, 1.54) is 10.4 Å². The van der Waals surface area contributed by atoms with E-state index in [9.17, 15) is 0 Å². The van der Waals surface area contributed by atoms with Gasteiger partial charge in [-0.3, -0.25) is 4.99 Å². The number of guanidine groups is 1. The summed E-state index contributed by atoms with van der Waals surface area (Å²) in [7, 11) is 3.47. The van der Waals surface area contributed by atoms with Gasteiger partial charge < -0.3 is 15.4 Å². The Hall–Kier alpha value is -1.28. The number of hydrogen-bond acceptors (Lipinski definition) is 3. The van der Waals surface area contributed by atoms with Gasteiger partial charge in [0.05, 0.1) is 13.7 Å². The first-order chi connectivity index (χ1) is 10.3. The van der Waals surface area contributed by atoms with Crippen molar-refractivity contribution >= 4 is 41.3 Å². The molecule has 0 spiro atoms. The van der Waals surface area contributed by atoms with E-state index < -0.39 is 0 Å². The fourth-order valence-electron chi connectivity index (χ4n) is 1.92. The number of thiophene rings is 1. The first-order valence-electron chi connectivity index (χ1n) is 6.91. The van der Waals surface area contributed by atoms with Crippen molar-refractivity contribution < 1.29 is 4.74 Å². The normalized spacial score (nSPS) is 10.7. The lowest BCUT2D eigenvalue weighted by atomic mass is 10.1. The summed E-state index contributed by atoms with van der Waals surface area (Å²) in [5, 5.41) is 8.71. The second-order valence-corrected chi connectivity index (χ2v) is 5.56. The predicted octanol–water partition coefficient (Wildman–Crippen LogP) is 3.28. The number of methoxy groups -OCH3 is 1. The van der Waals surface area contributed by atoms with Crippen molar-refractivity contribution in [3.63, 3.8) is 0 Å². The molecule has 0 unspecified atom stereocenters. The van der Waals surface area contributed by atoms with Crippen molar-refractivity contribution in [2.24, 2.45) is 4.99 Å². The maximum absolute atomic E-state index is 5.15. The highest BCUT2D eigenvalue weighted by atomic mass is 127. The number of aliphatic imine (C=N–C) groups is 1. The van der Waals surface area contributed by atoms with Gasteiger partial charge in [0.2, 0.25) is 0 Å². The van der Waals surface area contributed by atoms with Crippen LogP contribution in [0, 0.1) is 0 Å². The molecule has 1 aromatic carbocycles. The lowest BCUT2D eigenvalue weighted by molar-refractivity contribution is 0.414. The van der Waals surface area contributed by atoms with E-state index in [4.69, 9.17) is 4.74 Å². The summed E-state index contributed by atoms with van der Waals surface area (Å²) in [5.41, 5.74) is 1.28. The lowest BCUT2D eigenvalue weighted by Crippen LogP contribution is -2.37. The molecule has 2 rings (SSSR count). The van der Waals surface area contributed by atoms with Gasteiger partial charge in [-0.2, -0.15) is 0 Å². The van der Waals surface area contributed by atoms with Crippen LogP contribution in [0.2, 0.25) is 0 Å². The van der Waals surface area contributed by atoms with Crippen LogP contribution in [-0.4, -0.2) is 26.7 Å². The molecule has 120 valence electrons. The maximum atomic E-state index is 5.15. The minimum absolute atomic E-state index is 0. The van der Waals surface area contributed by atoms with E-state index >= 15 is 0 Å². The van der Waals surface area contributed by atoms with E-state index in [0.717, 1.165) is 31.2 Å². The molecule has 1 aromatic heterocycles. The Bertz CT molecular complexity index is 555. The van der Waals surface area contributed by atoms with Crippen molar-refractivity contribution in [2.45, 2.75) is 13.0 Å². The predicted molar refractivity (Wildman–Crippen MR) is 105 cm³/mol. The molecule has 2 N–H and O–H groups in total. The number of ether oxygens (including phenoxy) is 1. The van der Waals surface area contributed by atoms with Crippen molar-refractivity contribution in [3.8, 4) is 5.75 Å². The summed E-state index contributed by atoms with van der Waals surface area (Å²) in [5.74, 6) is 1.72. The molecule has 1 heterocycles. The van der Waals surface area contributed by atoms with Crippen LogP contribution < -0.4 is 15.4 Å². The molecule has 0 aliphatic heterocycles. The molecule has 0 saturated carbocycles. The molecule has 2 aromatic rings. The largest absolute Gasteiger partial charge is 0.497 e. The van der Waals surface area contributed by atoms with E-state index in [-0.39, 0.29) is 24.0 Å². The van der Waals surface area contributed by atoms with Gasteiger partial charge in [-0.1, -0.05) is 18.2 Å². The standard InChI is InChI=1S/C16H21N3OS.HI/c1-17-16(19-12-15-4-3-11-21-15)18-10-9-13-5-7-14(20-2)8-6-13;/h3-8,11H,9-10,12H2,1-2H3,(H2,17,18,19);1H. The molecular formula is C16H22IN3OS. The van der Waals surface area contributed by atoms with Gasteiger partial charge in [-0.15, -0.1) is 35.3 Å². The number of hydrogen-bond donors (Lipinski definition) is 2. The summed E-state index contributed by atoms with van der Waals surface area (Å²) in [6.07, 6.45) is 0.948. The quantitative estimate of drug-likeness (QED) is 0.419. The van der Waals surface area contributed by atoms with Crippen LogP contribution in [0.4, 0.5) is 0 Å². The molecule has 0 aliphatic carbocycles. The van der Waals surface area contributed by atoms with Gasteiger partial charge in [0.15, 0.2) is 5.96 Å². The molecule has 0 amide bonds. The highest BCUT2D eigenvalue weighted by Gasteiger charge is 1.99. The number of halogens is 1. The van der Waals surface area contributed by atoms with Gasteiger partial charge in [0.25, 0.3) is 0 Å². The number of benzene rings is 1. The Labute approximate surface area is 153 Å². The highest BCUT2D eigenvalue weighted by Crippen LogP contribution is 2.11. The smallest absolute Gasteiger partial charge is 0.191 e. The first-order valence-corrected chi connectivity index (χ1v) is 7.79. The van der Waals surface area contributed by atoms with E-state index in [1.807, 2.05) is 12.1 Å². The fraction of sp³-hybridized carbons (Fsp3) is 0.312. The fourth-order valence-corrected chi connectivity index (χ4v) is 2.57. The molecule has 0 fully saturated rings. The molecule has 0 saturated heterocycles. The zero-order valence-corrected chi connectivity index (χ0v) is 16.0. The summed E-state index contributed by atoms with van der Waals surface area (Å²) < 4.78 is 5.15. The van der Waals surface area contributed by atoms with Gasteiger partial charge >= 0.3 is 0 Å². The zero-order valence-electron chi connectivity index (χ0n) is 12.8. The summed E-state index contributed by atoms with van der Waals surface area (Å²) in [6.45, 7) is 1.65. The van der Waals surface area contributed by atoms with Crippen molar-refractivity contribution in [1.82, 2.24) is 10.6 Å². The number of rotatable bonds is 6. The van der Waals surface area contributed by atoms with Crippen molar-refractivity contribution in [1.29, 1.82) is 0 Å². The van der Waals surface area contributed by atoms with Crippen LogP contribution in [0.5, 0.6) is 5.75 Å². The van der Waals surface area contributed by atoms with Crippen LogP contribution in [0.1, 0.15) is 10.4 Å². The molecule has 0 radical (unpaired) electrons. The van der Waals surface area contributed by atoms with E-state index in [2.05, 4.69) is 45.3 Å². The SMILES string of the molecule is CN=C(NCCc1ccc(OC)cc1)NCc1cccs1.I. The molecule has 4 nitrogen and oxygen atoms in total. The third-order valence-electron chi connectivity index (χ3n) is 3.10. The van der Waals surface area contributed by atoms with E-state index in [1.54, 1.807) is 25.5 Å². The first kappa shape index (κ1) is 18.8. The van der Waals surface area contributed by atoms with Gasteiger partial charge in [0.1, 0.15) is 5.75 Å². The topological polar surface area (TPSA) is 45.7 Å². The molecular weight excluding hydrogens is 409 g/mol. The number of nitrogens with one attached hydrogen (secondary N) is 2. The third-order valence-corrected chi connectivity index (χ3v) is 3.98. The lowest BCUT2D eigenvalue weighted by Gasteiger charge is -2.11. The summed E-state index contributed by atoms with van der Waals surface area (Å²) >= 11 is 1.74. The molecule has 0 bridgehead atoms. The average molecular weight is 431 g/mol. The van der Waals surface area contributed by atoms with Gasteiger partial charge in [0, 0.05) is 18.5 Å². The highest BCUT2D eigenvalue weighted by molar-refractivity contribution is 14.0. The molecule has 22 heavy (non-hydrogen) atoms. The van der Waals surface area contributed by atoms with Gasteiger partial charge in [-0.25, -0.2) is 0 Å². The molecule has 6 heteroatoms. The van der Waals surface area contributed by atoms with Crippen molar-refractivity contribution in [2.75, 3.05) is 20.7 Å². The Morgan fingerprint density at radius 3 is 2.55 bits per heavy atom. The van der Waals surface area contributed by atoms with Crippen LogP contribution in [-0.2, 0) is 13.0 Å². The Morgan fingerprint density at radius 1 is 1.18 bits per heavy atom. The summed E-state index contributed by atoms with van der Waals surface area (Å²) in [6, 6.07) is 12.3. The molecule has 0 atom stereocenters. The van der Waals surface area contributed by atoms with Crippen LogP contribution in [0.15, 0.2) is 46.8 Å².